The van der Waals surface area contributed by atoms with E-state index in [2.05, 4.69) is 10.7 Å². The van der Waals surface area contributed by atoms with Gasteiger partial charge >= 0.3 is 0 Å². The van der Waals surface area contributed by atoms with Gasteiger partial charge in [-0.15, -0.1) is 0 Å². The van der Waals surface area contributed by atoms with Crippen LogP contribution in [0.4, 0.5) is 5.69 Å². The van der Waals surface area contributed by atoms with Crippen LogP contribution in [0.5, 0.6) is 5.75 Å². The molecule has 0 aliphatic heterocycles. The molecule has 0 saturated heterocycles. The lowest BCUT2D eigenvalue weighted by Gasteiger charge is -2.08. The largest absolute Gasteiger partial charge is 0.492 e. The minimum absolute atomic E-state index is 0.133. The second-order valence-corrected chi connectivity index (χ2v) is 4.64. The second kappa shape index (κ2) is 7.31. The molecule has 0 spiro atoms. The lowest BCUT2D eigenvalue weighted by Crippen LogP contribution is -2.28. The number of rotatable bonds is 6. The van der Waals surface area contributed by atoms with Crippen molar-refractivity contribution in [2.24, 2.45) is 5.84 Å². The molecule has 0 heterocycles. The van der Waals surface area contributed by atoms with Gasteiger partial charge in [0, 0.05) is 11.3 Å². The molecule has 0 aliphatic carbocycles. The van der Waals surface area contributed by atoms with Gasteiger partial charge in [-0.1, -0.05) is 12.1 Å². The van der Waals surface area contributed by atoms with Crippen LogP contribution < -0.4 is 21.3 Å². The molecule has 0 fully saturated rings. The highest BCUT2D eigenvalue weighted by atomic mass is 16.5. The molecule has 0 saturated carbocycles. The number of anilines is 1. The van der Waals surface area contributed by atoms with Crippen LogP contribution in [0.25, 0.3) is 0 Å². The lowest BCUT2D eigenvalue weighted by atomic mass is 10.2. The minimum Gasteiger partial charge on any atom is -0.492 e. The Morgan fingerprint density at radius 3 is 2.62 bits per heavy atom. The highest BCUT2D eigenvalue weighted by Gasteiger charge is 2.04. The average Bonchev–Trinajstić information content (AvgIpc) is 2.51. The summed E-state index contributed by atoms with van der Waals surface area (Å²) in [6.07, 6.45) is 0. The molecule has 21 heavy (non-hydrogen) atoms. The van der Waals surface area contributed by atoms with E-state index in [1.165, 1.54) is 0 Å². The molecule has 0 atom stereocenters. The van der Waals surface area contributed by atoms with Crippen LogP contribution in [0.1, 0.15) is 15.9 Å². The molecule has 2 aromatic carbocycles. The van der Waals surface area contributed by atoms with E-state index in [-0.39, 0.29) is 5.91 Å². The Morgan fingerprint density at radius 1 is 1.19 bits per heavy atom. The number of hydrogen-bond acceptors (Lipinski definition) is 4. The third-order valence-electron chi connectivity index (χ3n) is 2.96. The Bertz CT molecular complexity index is 597. The Morgan fingerprint density at radius 2 is 1.95 bits per heavy atom. The molecule has 4 N–H and O–H groups in total. The van der Waals surface area contributed by atoms with Crippen molar-refractivity contribution in [1.82, 2.24) is 5.32 Å². The summed E-state index contributed by atoms with van der Waals surface area (Å²) in [4.78, 5) is 11.9. The van der Waals surface area contributed by atoms with Crippen molar-refractivity contribution in [2.45, 2.75) is 6.92 Å². The first-order chi connectivity index (χ1) is 10.2. The predicted octanol–water partition coefficient (Wildman–Crippen LogP) is 2.09. The van der Waals surface area contributed by atoms with Gasteiger partial charge in [-0.25, -0.2) is 0 Å². The number of benzene rings is 2. The van der Waals surface area contributed by atoms with Crippen molar-refractivity contribution in [1.29, 1.82) is 0 Å². The summed E-state index contributed by atoms with van der Waals surface area (Å²) in [5.41, 5.74) is 5.01. The van der Waals surface area contributed by atoms with E-state index in [1.54, 1.807) is 24.3 Å². The van der Waals surface area contributed by atoms with E-state index in [0.717, 1.165) is 17.0 Å². The Balaban J connectivity index is 1.76. The number of carbonyl (C=O) groups is 1. The Labute approximate surface area is 124 Å². The van der Waals surface area contributed by atoms with Gasteiger partial charge in [0.2, 0.25) is 0 Å². The maximum atomic E-state index is 11.9. The van der Waals surface area contributed by atoms with Crippen molar-refractivity contribution in [3.8, 4) is 5.75 Å². The first-order valence-electron chi connectivity index (χ1n) is 6.73. The monoisotopic (exact) mass is 285 g/mol. The number of ether oxygens (including phenoxy) is 1. The van der Waals surface area contributed by atoms with Crippen molar-refractivity contribution >= 4 is 11.6 Å². The van der Waals surface area contributed by atoms with E-state index >= 15 is 0 Å². The van der Waals surface area contributed by atoms with Crippen LogP contribution in [0, 0.1) is 6.92 Å². The number of aryl methyl sites for hydroxylation is 1. The van der Waals surface area contributed by atoms with Gasteiger partial charge < -0.3 is 15.5 Å². The number of carbonyl (C=O) groups excluding carboxylic acids is 1. The number of hydrogen-bond donors (Lipinski definition) is 3. The molecule has 0 unspecified atom stereocenters. The zero-order valence-corrected chi connectivity index (χ0v) is 11.9. The topological polar surface area (TPSA) is 76.4 Å². The summed E-state index contributed by atoms with van der Waals surface area (Å²) < 4.78 is 5.57. The molecule has 5 nitrogen and oxygen atoms in total. The van der Waals surface area contributed by atoms with Crippen molar-refractivity contribution in [3.63, 3.8) is 0 Å². The molecule has 110 valence electrons. The van der Waals surface area contributed by atoms with Gasteiger partial charge in [-0.05, 0) is 48.9 Å². The molecule has 5 heteroatoms. The summed E-state index contributed by atoms with van der Waals surface area (Å²) in [7, 11) is 0. The zero-order valence-electron chi connectivity index (χ0n) is 11.9. The SMILES string of the molecule is Cc1cccc(OCCNC(=O)c2ccc(NN)cc2)c1. The van der Waals surface area contributed by atoms with Crippen LogP contribution in [0.15, 0.2) is 48.5 Å². The zero-order chi connectivity index (χ0) is 15.1. The predicted molar refractivity (Wildman–Crippen MR) is 83.3 cm³/mol. The van der Waals surface area contributed by atoms with Crippen LogP contribution in [-0.4, -0.2) is 19.1 Å². The normalized spacial score (nSPS) is 10.0. The molecule has 2 aromatic rings. The van der Waals surface area contributed by atoms with Crippen LogP contribution >= 0.6 is 0 Å². The van der Waals surface area contributed by atoms with Gasteiger partial charge in [0.1, 0.15) is 12.4 Å². The quantitative estimate of drug-likeness (QED) is 0.431. The molecular formula is C16H19N3O2. The highest BCUT2D eigenvalue weighted by Crippen LogP contribution is 2.12. The molecular weight excluding hydrogens is 266 g/mol. The van der Waals surface area contributed by atoms with E-state index in [0.29, 0.717) is 18.7 Å². The highest BCUT2D eigenvalue weighted by molar-refractivity contribution is 5.94. The summed E-state index contributed by atoms with van der Waals surface area (Å²) in [6, 6.07) is 14.7. The fourth-order valence-electron chi connectivity index (χ4n) is 1.86. The number of amides is 1. The smallest absolute Gasteiger partial charge is 0.251 e. The van der Waals surface area contributed by atoms with Gasteiger partial charge in [0.05, 0.1) is 6.54 Å². The average molecular weight is 285 g/mol. The van der Waals surface area contributed by atoms with Gasteiger partial charge in [0.15, 0.2) is 0 Å². The summed E-state index contributed by atoms with van der Waals surface area (Å²) >= 11 is 0. The first kappa shape index (κ1) is 14.9. The fourth-order valence-corrected chi connectivity index (χ4v) is 1.86. The molecule has 1 amide bonds. The lowest BCUT2D eigenvalue weighted by molar-refractivity contribution is 0.0947. The fraction of sp³-hybridized carbons (Fsp3) is 0.188. The van der Waals surface area contributed by atoms with Crippen molar-refractivity contribution < 1.29 is 9.53 Å². The van der Waals surface area contributed by atoms with Crippen LogP contribution in [-0.2, 0) is 0 Å². The van der Waals surface area contributed by atoms with Crippen molar-refractivity contribution in [3.05, 3.63) is 59.7 Å². The summed E-state index contributed by atoms with van der Waals surface area (Å²) in [6.45, 7) is 2.88. The summed E-state index contributed by atoms with van der Waals surface area (Å²) in [5, 5.41) is 2.81. The molecule has 0 aliphatic rings. The third kappa shape index (κ3) is 4.50. The minimum atomic E-state index is -0.133. The molecule has 2 rings (SSSR count). The number of hydrazine groups is 1. The Hall–Kier alpha value is -2.53. The second-order valence-electron chi connectivity index (χ2n) is 4.64. The van der Waals surface area contributed by atoms with Gasteiger partial charge in [0.25, 0.3) is 5.91 Å². The number of nitrogen functional groups attached to an aromatic ring is 1. The maximum absolute atomic E-state index is 11.9. The molecule has 0 radical (unpaired) electrons. The maximum Gasteiger partial charge on any atom is 0.251 e. The number of nitrogens with two attached hydrogens (primary N) is 1. The number of nitrogens with one attached hydrogen (secondary N) is 2. The van der Waals surface area contributed by atoms with Gasteiger partial charge in [-0.2, -0.15) is 0 Å². The van der Waals surface area contributed by atoms with Crippen LogP contribution in [0.2, 0.25) is 0 Å². The Kier molecular flexibility index (Phi) is 5.17. The van der Waals surface area contributed by atoms with Crippen molar-refractivity contribution in [2.75, 3.05) is 18.6 Å². The molecule has 0 bridgehead atoms. The van der Waals surface area contributed by atoms with E-state index in [9.17, 15) is 4.79 Å². The third-order valence-corrected chi connectivity index (χ3v) is 2.96. The van der Waals surface area contributed by atoms with E-state index < -0.39 is 0 Å². The first-order valence-corrected chi connectivity index (χ1v) is 6.73. The van der Waals surface area contributed by atoms with Crippen LogP contribution in [0.3, 0.4) is 0 Å². The van der Waals surface area contributed by atoms with Gasteiger partial charge in [-0.3, -0.25) is 10.6 Å². The molecule has 0 aromatic heterocycles. The van der Waals surface area contributed by atoms with E-state index in [1.807, 2.05) is 31.2 Å². The van der Waals surface area contributed by atoms with E-state index in [4.69, 9.17) is 10.6 Å². The summed E-state index contributed by atoms with van der Waals surface area (Å²) in [5.74, 6) is 5.95. The standard InChI is InChI=1S/C16H19N3O2/c1-12-3-2-4-15(11-12)21-10-9-18-16(20)13-5-7-14(19-17)8-6-13/h2-8,11,19H,9-10,17H2,1H3,(H,18,20).